The summed E-state index contributed by atoms with van der Waals surface area (Å²) in [6.45, 7) is 4.12. The van der Waals surface area contributed by atoms with Crippen molar-refractivity contribution in [1.29, 1.82) is 0 Å². The van der Waals surface area contributed by atoms with Crippen molar-refractivity contribution in [1.82, 2.24) is 14.1 Å². The van der Waals surface area contributed by atoms with Gasteiger partial charge < -0.3 is 13.9 Å². The number of benzene rings is 3. The number of rotatable bonds is 6. The van der Waals surface area contributed by atoms with Crippen LogP contribution >= 0.6 is 0 Å². The van der Waals surface area contributed by atoms with Crippen LogP contribution in [0.1, 0.15) is 6.92 Å². The summed E-state index contributed by atoms with van der Waals surface area (Å²) in [6, 6.07) is 19.5. The molecule has 0 radical (unpaired) electrons. The third kappa shape index (κ3) is 3.28. The van der Waals surface area contributed by atoms with E-state index in [4.69, 9.17) is 14.9 Å². The van der Waals surface area contributed by atoms with Crippen molar-refractivity contribution in [2.24, 2.45) is 5.14 Å². The maximum atomic E-state index is 11.8. The number of fused-ring (bicyclic) bond motifs is 4. The van der Waals surface area contributed by atoms with E-state index in [0.29, 0.717) is 18.7 Å². The Hall–Kier alpha value is -3.20. The van der Waals surface area contributed by atoms with Crippen LogP contribution in [0, 0.1) is 0 Å². The zero-order valence-corrected chi connectivity index (χ0v) is 18.8. The molecule has 3 aromatic carbocycles. The molecule has 5 rings (SSSR count). The van der Waals surface area contributed by atoms with Crippen LogP contribution in [0.5, 0.6) is 0 Å². The number of imidazole rings is 1. The highest BCUT2D eigenvalue weighted by atomic mass is 32.2. The fourth-order valence-electron chi connectivity index (χ4n) is 4.45. The number of aromatic nitrogens is 3. The molecule has 7 nitrogen and oxygen atoms in total. The van der Waals surface area contributed by atoms with E-state index >= 15 is 0 Å². The molecule has 8 heteroatoms. The second kappa shape index (κ2) is 7.74. The summed E-state index contributed by atoms with van der Waals surface area (Å²) >= 11 is 0. The first kappa shape index (κ1) is 20.7. The van der Waals surface area contributed by atoms with Gasteiger partial charge in [-0.2, -0.15) is 0 Å². The number of aryl methyl sites for hydroxylation is 1. The smallest absolute Gasteiger partial charge is 0.238 e. The Morgan fingerprint density at radius 2 is 1.69 bits per heavy atom. The molecule has 0 aliphatic heterocycles. The van der Waals surface area contributed by atoms with E-state index in [0.717, 1.165) is 28.8 Å². The summed E-state index contributed by atoms with van der Waals surface area (Å²) in [4.78, 5) is 4.85. The van der Waals surface area contributed by atoms with Gasteiger partial charge >= 0.3 is 0 Å². The molecule has 32 heavy (non-hydrogen) atoms. The van der Waals surface area contributed by atoms with Crippen molar-refractivity contribution in [2.75, 3.05) is 13.7 Å². The molecule has 164 valence electrons. The van der Waals surface area contributed by atoms with Gasteiger partial charge in [0.2, 0.25) is 10.0 Å². The molecular weight excluding hydrogens is 424 g/mol. The van der Waals surface area contributed by atoms with Crippen LogP contribution in [0.4, 0.5) is 0 Å². The summed E-state index contributed by atoms with van der Waals surface area (Å²) in [5.41, 5.74) is 4.75. The monoisotopic (exact) mass is 448 g/mol. The number of primary sulfonamides is 1. The molecule has 0 unspecified atom stereocenters. The molecule has 0 aliphatic rings. The van der Waals surface area contributed by atoms with Crippen LogP contribution in [0.25, 0.3) is 44.2 Å². The number of hydrogen-bond acceptors (Lipinski definition) is 4. The molecule has 0 fully saturated rings. The van der Waals surface area contributed by atoms with Gasteiger partial charge in [0, 0.05) is 47.6 Å². The first-order chi connectivity index (χ1) is 15.4. The fourth-order valence-corrected chi connectivity index (χ4v) is 4.98. The Balaban J connectivity index is 1.76. The summed E-state index contributed by atoms with van der Waals surface area (Å²) in [5, 5.41) is 7.69. The zero-order chi connectivity index (χ0) is 22.5. The van der Waals surface area contributed by atoms with Gasteiger partial charge in [0.15, 0.2) is 0 Å². The van der Waals surface area contributed by atoms with E-state index in [1.807, 2.05) is 0 Å². The molecule has 0 bridgehead atoms. The lowest BCUT2D eigenvalue weighted by Gasteiger charge is -2.09. The fraction of sp³-hybridized carbons (Fsp3) is 0.208. The van der Waals surface area contributed by atoms with Crippen molar-refractivity contribution in [3.63, 3.8) is 0 Å². The van der Waals surface area contributed by atoms with E-state index in [-0.39, 0.29) is 4.90 Å². The summed E-state index contributed by atoms with van der Waals surface area (Å²) in [6.07, 6.45) is 0. The highest BCUT2D eigenvalue weighted by Gasteiger charge is 2.17. The van der Waals surface area contributed by atoms with E-state index in [1.54, 1.807) is 13.2 Å². The molecule has 2 aromatic heterocycles. The predicted molar refractivity (Wildman–Crippen MR) is 127 cm³/mol. The van der Waals surface area contributed by atoms with Crippen molar-refractivity contribution in [3.8, 4) is 11.4 Å². The molecule has 2 N–H and O–H groups in total. The highest BCUT2D eigenvalue weighted by Crippen LogP contribution is 2.33. The van der Waals surface area contributed by atoms with Gasteiger partial charge in [-0.05, 0) is 49.4 Å². The molecule has 5 aromatic rings. The zero-order valence-electron chi connectivity index (χ0n) is 17.9. The van der Waals surface area contributed by atoms with Crippen molar-refractivity contribution in [3.05, 3.63) is 60.7 Å². The molecule has 0 spiro atoms. The minimum Gasteiger partial charge on any atom is -0.383 e. The number of methoxy groups -OCH3 is 1. The standard InChI is InChI=1S/C24H24N4O3S/c1-3-27-21-7-5-4-6-18(21)19-14-16(8-10-22(19)27)24-26-20-15-17(32(25,29)30)9-11-23(20)28(24)12-13-31-2/h4-11,14-15H,3,12-13H2,1-2H3,(H2,25,29,30). The van der Waals surface area contributed by atoms with Gasteiger partial charge in [0.25, 0.3) is 0 Å². The SMILES string of the molecule is CCn1c2ccccc2c2cc(-c3nc4cc(S(N)(=O)=O)ccc4n3CCOC)ccc21. The Bertz CT molecular complexity index is 1580. The maximum Gasteiger partial charge on any atom is 0.238 e. The van der Waals surface area contributed by atoms with Crippen LogP contribution in [0.15, 0.2) is 65.6 Å². The van der Waals surface area contributed by atoms with Crippen molar-refractivity contribution in [2.45, 2.75) is 24.9 Å². The van der Waals surface area contributed by atoms with E-state index in [1.165, 1.54) is 28.6 Å². The topological polar surface area (TPSA) is 92.1 Å². The average Bonchev–Trinajstić information content (AvgIpc) is 3.31. The van der Waals surface area contributed by atoms with Crippen molar-refractivity contribution >= 4 is 42.9 Å². The average molecular weight is 449 g/mol. The third-order valence-corrected chi connectivity index (χ3v) is 6.83. The van der Waals surface area contributed by atoms with Gasteiger partial charge in [-0.3, -0.25) is 0 Å². The Labute approximate surface area is 186 Å². The number of nitrogens with zero attached hydrogens (tertiary/aromatic N) is 3. The van der Waals surface area contributed by atoms with Gasteiger partial charge in [0.05, 0.1) is 22.5 Å². The minimum absolute atomic E-state index is 0.0504. The van der Waals surface area contributed by atoms with Crippen LogP contribution in [-0.2, 0) is 27.8 Å². The second-order valence-electron chi connectivity index (χ2n) is 7.77. The Morgan fingerprint density at radius 1 is 0.938 bits per heavy atom. The van der Waals surface area contributed by atoms with Gasteiger partial charge in [0.1, 0.15) is 5.82 Å². The van der Waals surface area contributed by atoms with Gasteiger partial charge in [-0.25, -0.2) is 18.5 Å². The highest BCUT2D eigenvalue weighted by molar-refractivity contribution is 7.89. The van der Waals surface area contributed by atoms with Gasteiger partial charge in [-0.15, -0.1) is 0 Å². The molecule has 0 saturated heterocycles. The van der Waals surface area contributed by atoms with Crippen LogP contribution in [0.2, 0.25) is 0 Å². The summed E-state index contributed by atoms with van der Waals surface area (Å²) in [7, 11) is -2.15. The molecule has 0 saturated carbocycles. The molecule has 0 atom stereocenters. The largest absolute Gasteiger partial charge is 0.383 e. The lowest BCUT2D eigenvalue weighted by molar-refractivity contribution is 0.188. The van der Waals surface area contributed by atoms with E-state index in [9.17, 15) is 8.42 Å². The number of nitrogens with two attached hydrogens (primary N) is 1. The molecule has 2 heterocycles. The number of sulfonamides is 1. The Kier molecular flexibility index (Phi) is 5.00. The number of para-hydroxylation sites is 1. The van der Waals surface area contributed by atoms with Crippen LogP contribution < -0.4 is 5.14 Å². The second-order valence-corrected chi connectivity index (χ2v) is 9.33. The lowest BCUT2D eigenvalue weighted by atomic mass is 10.1. The van der Waals surface area contributed by atoms with Crippen LogP contribution in [-0.4, -0.2) is 36.3 Å². The lowest BCUT2D eigenvalue weighted by Crippen LogP contribution is -2.12. The summed E-state index contributed by atoms with van der Waals surface area (Å²) in [5.74, 6) is 0.763. The van der Waals surface area contributed by atoms with Crippen molar-refractivity contribution < 1.29 is 13.2 Å². The predicted octanol–water partition coefficient (Wildman–Crippen LogP) is 4.12. The normalized spacial score (nSPS) is 12.3. The Morgan fingerprint density at radius 3 is 2.44 bits per heavy atom. The van der Waals surface area contributed by atoms with Gasteiger partial charge in [-0.1, -0.05) is 18.2 Å². The quantitative estimate of drug-likeness (QED) is 0.423. The third-order valence-electron chi connectivity index (χ3n) is 5.91. The first-order valence-corrected chi connectivity index (χ1v) is 12.0. The minimum atomic E-state index is -3.81. The molecular formula is C24H24N4O3S. The first-order valence-electron chi connectivity index (χ1n) is 10.5. The van der Waals surface area contributed by atoms with Crippen LogP contribution in [0.3, 0.4) is 0 Å². The molecule has 0 amide bonds. The van der Waals surface area contributed by atoms with E-state index in [2.05, 4.69) is 58.5 Å². The maximum absolute atomic E-state index is 11.8. The molecule has 0 aliphatic carbocycles. The summed E-state index contributed by atoms with van der Waals surface area (Å²) < 4.78 is 33.3. The number of hydrogen-bond donors (Lipinski definition) is 1. The van der Waals surface area contributed by atoms with E-state index < -0.39 is 10.0 Å². The number of ether oxygens (including phenoxy) is 1.